The van der Waals surface area contributed by atoms with Crippen LogP contribution in [0.5, 0.6) is 0 Å². The zero-order valence-corrected chi connectivity index (χ0v) is 57.8. The van der Waals surface area contributed by atoms with E-state index in [1.165, 1.54) is 0 Å². The first-order chi connectivity index (χ1) is 50.6. The Morgan fingerprint density at radius 3 is 1.19 bits per heavy atom. The summed E-state index contributed by atoms with van der Waals surface area (Å²) < 4.78 is 110. The highest BCUT2D eigenvalue weighted by Gasteiger charge is 2.60. The van der Waals surface area contributed by atoms with Gasteiger partial charge >= 0.3 is 7.82 Å². The van der Waals surface area contributed by atoms with Gasteiger partial charge in [-0.2, -0.15) is 0 Å². The van der Waals surface area contributed by atoms with Crippen LogP contribution in [0.15, 0.2) is 0 Å². The van der Waals surface area contributed by atoms with Crippen LogP contribution < -0.4 is 16.0 Å². The standard InChI is InChI=1S/C57H100N3O46P/c1-15(68)59-26-34(77)45(22(10-66)94-50(26)58-3-4-92-107(88,89)93-12-17(70)5-61)102-51-27(60-16(2)69)35(78)46(23(11-67)99-51)103-56-44(87)48(105-57-49(39(82)31(74)21(9-65)98-57)106-55-42(85)38(81)30(73)20(8-64)97-55)33(76)25(101-56)14-91-53-43(86)47(104-54-41(84)37(80)29(72)19(7-63)96-54)32(75)24(100-53)13-90-52-40(83)36(79)28(71)18(6-62)95-52/h17-58,61-67,70-87H,3-14H2,1-2H3,(H,59,68)(H,60,69)(H,88,89)/t17?,18-,19-,20-,21-,22-,23-,24-,25-,26-,27-,28-,29-,30-,31-,32-,33-,34-,35-,36+,37+,38+,39+,40+,41+,42+,43+,44+,45-,46-,47+,48+,49+,50-,51+,52+,53+,54-,55-,56+,57-/m1/s1. The Morgan fingerprint density at radius 2 is 0.710 bits per heavy atom. The Balaban J connectivity index is 1.10. The van der Waals surface area contributed by atoms with Crippen molar-refractivity contribution in [3.8, 4) is 0 Å². The third-order valence-corrected chi connectivity index (χ3v) is 19.8. The van der Waals surface area contributed by atoms with Crippen LogP contribution in [0.2, 0.25) is 0 Å². The van der Waals surface area contributed by atoms with E-state index >= 15 is 0 Å². The summed E-state index contributed by atoms with van der Waals surface area (Å²) in [6, 6.07) is -3.51. The van der Waals surface area contributed by atoms with Gasteiger partial charge in [0.15, 0.2) is 44.0 Å². The highest BCUT2D eigenvalue weighted by molar-refractivity contribution is 7.47. The van der Waals surface area contributed by atoms with Gasteiger partial charge in [-0.05, 0) is 0 Å². The molecule has 8 aliphatic heterocycles. The van der Waals surface area contributed by atoms with Gasteiger partial charge in [0.05, 0.1) is 78.7 Å². The van der Waals surface area contributed by atoms with E-state index in [0.717, 1.165) is 13.8 Å². The number of hydrogen-bond donors (Lipinski definition) is 29. The second kappa shape index (κ2) is 40.1. The summed E-state index contributed by atoms with van der Waals surface area (Å²) in [5.41, 5.74) is 0. The average Bonchev–Trinajstić information content (AvgIpc) is 0.765. The Kier molecular flexibility index (Phi) is 33.7. The molecule has 2 amide bonds. The fourth-order valence-corrected chi connectivity index (χ4v) is 13.6. The predicted octanol–water partition coefficient (Wildman–Crippen LogP) is -19.1. The minimum Gasteiger partial charge on any atom is -0.394 e. The lowest BCUT2D eigenvalue weighted by Crippen LogP contribution is -2.71. The SMILES string of the molecule is CC(=O)N[C@@H]1[C@@H](O)[C@H](O[C@@H]2O[C@H](CO)[C@@H](O[C@@H]3O[C@H](CO[C@H]4O[C@H](CO[C@H]5O[C@H](CO)[C@@H](O)[C@H](O)[C@@H]5O)[C@@H](O)[C@H](O[C@H]5O[C@H](CO)[C@@H](O)[C@H](O)[C@@H]5O)[C@@H]4O)[C@@H](O)[C@H](O[C@H]4O[C@H](CO)[C@@H](O)[C@H](O)[C@@H]4O[C@H]4O[C@H](CO)[C@@H](O)[C@H](O)[C@@H]4O)[C@@H]3O)[C@H](O)[C@H]2NC(C)=O)[C@@H](CO)O[C@H]1NCCOP(=O)(O)OCC(O)CO. The van der Waals surface area contributed by atoms with Crippen LogP contribution in [0.1, 0.15) is 13.8 Å². The minimum absolute atomic E-state index is 0.410. The number of hydrogen-bond acceptors (Lipinski definition) is 46. The lowest BCUT2D eigenvalue weighted by Gasteiger charge is -2.51. The predicted molar refractivity (Wildman–Crippen MR) is 328 cm³/mol. The second-order valence-corrected chi connectivity index (χ2v) is 27.8. The highest BCUT2D eigenvalue weighted by Crippen LogP contribution is 2.43. The van der Waals surface area contributed by atoms with Gasteiger partial charge in [-0.25, -0.2) is 4.57 Å². The van der Waals surface area contributed by atoms with Gasteiger partial charge in [0.25, 0.3) is 0 Å². The number of amides is 2. The summed E-state index contributed by atoms with van der Waals surface area (Å²) in [5, 5.41) is 279. The topological polar surface area (TPSA) is 770 Å². The molecule has 8 saturated heterocycles. The molecular weight excluding hydrogens is 1490 g/mol. The summed E-state index contributed by atoms with van der Waals surface area (Å²) in [7, 11) is -4.84. The molecule has 0 bridgehead atoms. The molecule has 107 heavy (non-hydrogen) atoms. The number of ether oxygens (including phenoxy) is 15. The van der Waals surface area contributed by atoms with Crippen molar-refractivity contribution in [2.45, 2.75) is 265 Å². The number of phosphoric ester groups is 1. The lowest BCUT2D eigenvalue weighted by atomic mass is 9.93. The van der Waals surface area contributed by atoms with Crippen molar-refractivity contribution in [2.24, 2.45) is 0 Å². The van der Waals surface area contributed by atoms with Gasteiger partial charge in [0, 0.05) is 20.4 Å². The third-order valence-electron chi connectivity index (χ3n) is 18.8. The van der Waals surface area contributed by atoms with E-state index in [2.05, 4.69) is 20.5 Å². The van der Waals surface area contributed by atoms with Crippen LogP contribution in [0, 0.1) is 0 Å². The molecule has 0 radical (unpaired) electrons. The number of aliphatic hydroxyl groups is 25. The minimum atomic E-state index is -4.84. The monoisotopic (exact) mass is 1590 g/mol. The van der Waals surface area contributed by atoms with Crippen LogP contribution in [0.4, 0.5) is 0 Å². The lowest BCUT2D eigenvalue weighted by molar-refractivity contribution is -0.399. The van der Waals surface area contributed by atoms with Gasteiger partial charge in [-0.15, -0.1) is 0 Å². The summed E-state index contributed by atoms with van der Waals surface area (Å²) in [4.78, 5) is 35.6. The first-order valence-corrected chi connectivity index (χ1v) is 35.2. The van der Waals surface area contributed by atoms with E-state index in [-0.39, 0.29) is 0 Å². The van der Waals surface area contributed by atoms with Gasteiger partial charge in [0.1, 0.15) is 201 Å². The first kappa shape index (κ1) is 90.0. The summed E-state index contributed by atoms with van der Waals surface area (Å²) in [5.74, 6) is -1.75. The summed E-state index contributed by atoms with van der Waals surface area (Å²) >= 11 is 0. The van der Waals surface area contributed by atoms with Crippen molar-refractivity contribution in [1.29, 1.82) is 0 Å². The van der Waals surface area contributed by atoms with Crippen molar-refractivity contribution < 1.29 is 227 Å². The Bertz CT molecular complexity index is 2750. The zero-order valence-electron chi connectivity index (χ0n) is 56.9. The molecule has 2 unspecified atom stereocenters. The maximum absolute atomic E-state index is 13.1. The smallest absolute Gasteiger partial charge is 0.394 e. The molecule has 0 saturated carbocycles. The fraction of sp³-hybridized carbons (Fsp3) is 0.965. The molecule has 8 rings (SSSR count). The summed E-state index contributed by atoms with van der Waals surface area (Å²) in [6.07, 6.45) is -80.3. The van der Waals surface area contributed by atoms with Gasteiger partial charge in [-0.1, -0.05) is 0 Å². The maximum atomic E-state index is 13.1. The quantitative estimate of drug-likeness (QED) is 0.0214. The fourth-order valence-electron chi connectivity index (χ4n) is 12.9. The number of rotatable bonds is 33. The van der Waals surface area contributed by atoms with E-state index in [9.17, 15) is 142 Å². The van der Waals surface area contributed by atoms with Crippen LogP contribution in [-0.4, -0.2) is 475 Å². The highest BCUT2D eigenvalue weighted by atomic mass is 31.2. The largest absolute Gasteiger partial charge is 0.472 e. The first-order valence-electron chi connectivity index (χ1n) is 33.7. The second-order valence-electron chi connectivity index (χ2n) is 26.3. The molecule has 8 fully saturated rings. The number of aliphatic hydroxyl groups excluding tert-OH is 25. The molecule has 29 N–H and O–H groups in total. The van der Waals surface area contributed by atoms with Crippen molar-refractivity contribution >= 4 is 19.6 Å². The molecular formula is C57H100N3O46P. The molecule has 50 heteroatoms. The molecule has 0 spiro atoms. The van der Waals surface area contributed by atoms with Crippen LogP contribution in [-0.2, 0) is 94.3 Å². The van der Waals surface area contributed by atoms with E-state index in [1.807, 2.05) is 0 Å². The van der Waals surface area contributed by atoms with Gasteiger partial charge < -0.3 is 214 Å². The van der Waals surface area contributed by atoms with E-state index in [1.54, 1.807) is 0 Å². The zero-order chi connectivity index (χ0) is 79.0. The van der Waals surface area contributed by atoms with E-state index < -0.39 is 350 Å². The maximum Gasteiger partial charge on any atom is 0.472 e. The van der Waals surface area contributed by atoms with E-state index in [0.29, 0.717) is 0 Å². The molecule has 42 atom stereocenters. The molecule has 0 aromatic carbocycles. The Morgan fingerprint density at radius 1 is 0.364 bits per heavy atom. The Labute approximate surface area is 605 Å². The van der Waals surface area contributed by atoms with E-state index in [4.69, 9.17) is 80.7 Å². The van der Waals surface area contributed by atoms with Crippen LogP contribution in [0.25, 0.3) is 0 Å². The Hall–Kier alpha value is -2.59. The molecule has 8 heterocycles. The molecule has 624 valence electrons. The number of carbonyl (C=O) groups is 2. The van der Waals surface area contributed by atoms with Gasteiger partial charge in [-0.3, -0.25) is 24.0 Å². The number of carbonyl (C=O) groups excluding carboxylic acids is 2. The van der Waals surface area contributed by atoms with Gasteiger partial charge in [0.2, 0.25) is 11.8 Å². The molecule has 0 aromatic rings. The normalized spacial score (nSPS) is 47.4. The molecule has 49 nitrogen and oxygen atoms in total. The van der Waals surface area contributed by atoms with Crippen molar-refractivity contribution in [3.63, 3.8) is 0 Å². The third kappa shape index (κ3) is 21.3. The summed E-state index contributed by atoms with van der Waals surface area (Å²) in [6.45, 7) is -9.20. The average molecular weight is 1590 g/mol. The molecule has 8 aliphatic rings. The van der Waals surface area contributed by atoms with Crippen LogP contribution >= 0.6 is 7.82 Å². The van der Waals surface area contributed by atoms with Crippen molar-refractivity contribution in [2.75, 3.05) is 79.2 Å². The number of nitrogens with one attached hydrogen (secondary N) is 3. The van der Waals surface area contributed by atoms with Crippen molar-refractivity contribution in [1.82, 2.24) is 16.0 Å². The van der Waals surface area contributed by atoms with Crippen LogP contribution in [0.3, 0.4) is 0 Å². The number of phosphoric acid groups is 1. The molecule has 0 aliphatic carbocycles. The molecule has 0 aromatic heterocycles. The van der Waals surface area contributed by atoms with Crippen molar-refractivity contribution in [3.05, 3.63) is 0 Å².